The number of carbonyl (C=O) groups is 1. The lowest BCUT2D eigenvalue weighted by Gasteiger charge is -2.16. The molecule has 0 spiro atoms. The lowest BCUT2D eigenvalue weighted by molar-refractivity contribution is -0.141. The molecular formula is C10H21NO3. The van der Waals surface area contributed by atoms with Crippen LogP contribution in [-0.2, 0) is 14.3 Å². The van der Waals surface area contributed by atoms with Crippen LogP contribution in [-0.4, -0.2) is 44.4 Å². The van der Waals surface area contributed by atoms with Crippen molar-refractivity contribution in [2.45, 2.75) is 26.7 Å². The van der Waals surface area contributed by atoms with Crippen LogP contribution in [0.1, 0.15) is 26.7 Å². The van der Waals surface area contributed by atoms with Crippen molar-refractivity contribution in [2.75, 3.05) is 33.5 Å². The van der Waals surface area contributed by atoms with Crippen LogP contribution in [0.2, 0.25) is 0 Å². The van der Waals surface area contributed by atoms with Crippen molar-refractivity contribution in [3.8, 4) is 0 Å². The monoisotopic (exact) mass is 203 g/mol. The highest BCUT2D eigenvalue weighted by atomic mass is 16.5. The molecule has 0 N–H and O–H groups in total. The number of esters is 1. The van der Waals surface area contributed by atoms with Crippen LogP contribution in [0.5, 0.6) is 0 Å². The second kappa shape index (κ2) is 8.97. The van der Waals surface area contributed by atoms with E-state index in [0.29, 0.717) is 19.9 Å². The van der Waals surface area contributed by atoms with E-state index in [1.165, 1.54) is 6.92 Å². The molecule has 0 saturated carbocycles. The third kappa shape index (κ3) is 9.48. The van der Waals surface area contributed by atoms with E-state index in [-0.39, 0.29) is 5.97 Å². The molecule has 0 aliphatic rings. The van der Waals surface area contributed by atoms with E-state index >= 15 is 0 Å². The highest BCUT2D eigenvalue weighted by Crippen LogP contribution is 1.90. The molecule has 0 aliphatic carbocycles. The van der Waals surface area contributed by atoms with E-state index < -0.39 is 0 Å². The minimum absolute atomic E-state index is 0.231. The fourth-order valence-electron chi connectivity index (χ4n) is 0.877. The first kappa shape index (κ1) is 13.4. The van der Waals surface area contributed by atoms with Crippen molar-refractivity contribution in [2.24, 2.45) is 0 Å². The van der Waals surface area contributed by atoms with Gasteiger partial charge < -0.3 is 9.47 Å². The Morgan fingerprint density at radius 3 is 2.64 bits per heavy atom. The normalized spacial score (nSPS) is 10.6. The van der Waals surface area contributed by atoms with Crippen LogP contribution >= 0.6 is 0 Å². The third-order valence-electron chi connectivity index (χ3n) is 1.73. The molecule has 0 aromatic carbocycles. The van der Waals surface area contributed by atoms with Crippen molar-refractivity contribution in [1.29, 1.82) is 0 Å². The molecule has 0 aliphatic heterocycles. The molecule has 0 unspecified atom stereocenters. The number of hydrogen-bond acceptors (Lipinski definition) is 4. The second-order valence-corrected chi connectivity index (χ2v) is 3.31. The Morgan fingerprint density at radius 1 is 1.36 bits per heavy atom. The van der Waals surface area contributed by atoms with Crippen LogP contribution in [0.15, 0.2) is 0 Å². The molecule has 0 aromatic rings. The lowest BCUT2D eigenvalue weighted by atomic mass is 10.4. The summed E-state index contributed by atoms with van der Waals surface area (Å²) in [5, 5.41) is 0. The van der Waals surface area contributed by atoms with Crippen molar-refractivity contribution in [3.63, 3.8) is 0 Å². The molecule has 4 heteroatoms. The summed E-state index contributed by atoms with van der Waals surface area (Å²) in [5.41, 5.74) is 0. The zero-order valence-electron chi connectivity index (χ0n) is 9.41. The number of nitrogens with zero attached hydrogens (tertiary/aromatic N) is 1. The van der Waals surface area contributed by atoms with E-state index in [2.05, 4.69) is 6.92 Å². The molecule has 0 saturated heterocycles. The number of likely N-dealkylation sites (N-methyl/N-ethyl adjacent to an activating group) is 1. The SMILES string of the molecule is CCCCOCN(C)CCOC(C)=O. The van der Waals surface area contributed by atoms with Gasteiger partial charge in [0.1, 0.15) is 6.61 Å². The number of rotatable bonds is 8. The highest BCUT2D eigenvalue weighted by molar-refractivity contribution is 5.65. The predicted octanol–water partition coefficient (Wildman–Crippen LogP) is 1.26. The average molecular weight is 203 g/mol. The number of hydrogen-bond donors (Lipinski definition) is 0. The van der Waals surface area contributed by atoms with Crippen LogP contribution in [0.3, 0.4) is 0 Å². The average Bonchev–Trinajstić information content (AvgIpc) is 2.12. The second-order valence-electron chi connectivity index (χ2n) is 3.31. The van der Waals surface area contributed by atoms with Crippen molar-refractivity contribution in [3.05, 3.63) is 0 Å². The van der Waals surface area contributed by atoms with Gasteiger partial charge in [-0.15, -0.1) is 0 Å². The topological polar surface area (TPSA) is 38.8 Å². The summed E-state index contributed by atoms with van der Waals surface area (Å²) < 4.78 is 10.2. The number of ether oxygens (including phenoxy) is 2. The molecule has 0 amide bonds. The minimum Gasteiger partial charge on any atom is -0.465 e. The Kier molecular flexibility index (Phi) is 8.57. The van der Waals surface area contributed by atoms with Crippen LogP contribution < -0.4 is 0 Å². The standard InChI is InChI=1S/C10H21NO3/c1-4-5-7-13-9-11(3)6-8-14-10(2)12/h4-9H2,1-3H3. The van der Waals surface area contributed by atoms with Crippen molar-refractivity contribution in [1.82, 2.24) is 4.90 Å². The van der Waals surface area contributed by atoms with Gasteiger partial charge in [-0.05, 0) is 13.5 Å². The maximum atomic E-state index is 10.5. The molecule has 0 rings (SSSR count). The van der Waals surface area contributed by atoms with Crippen LogP contribution in [0.25, 0.3) is 0 Å². The molecule has 0 bridgehead atoms. The van der Waals surface area contributed by atoms with Gasteiger partial charge in [-0.25, -0.2) is 0 Å². The maximum Gasteiger partial charge on any atom is 0.302 e. The molecule has 14 heavy (non-hydrogen) atoms. The molecule has 0 heterocycles. The summed E-state index contributed by atoms with van der Waals surface area (Å²) in [5.74, 6) is -0.231. The Morgan fingerprint density at radius 2 is 2.07 bits per heavy atom. The molecule has 0 atom stereocenters. The molecule has 0 aromatic heterocycles. The van der Waals surface area contributed by atoms with E-state index in [1.54, 1.807) is 0 Å². The van der Waals surface area contributed by atoms with E-state index in [0.717, 1.165) is 19.4 Å². The largest absolute Gasteiger partial charge is 0.465 e. The predicted molar refractivity (Wildman–Crippen MR) is 55.0 cm³/mol. The van der Waals surface area contributed by atoms with Gasteiger partial charge in [-0.2, -0.15) is 0 Å². The van der Waals surface area contributed by atoms with Gasteiger partial charge in [0, 0.05) is 20.1 Å². The quantitative estimate of drug-likeness (QED) is 0.338. The van der Waals surface area contributed by atoms with Gasteiger partial charge in [-0.3, -0.25) is 9.69 Å². The lowest BCUT2D eigenvalue weighted by Crippen LogP contribution is -2.26. The van der Waals surface area contributed by atoms with E-state index in [9.17, 15) is 4.79 Å². The summed E-state index contributed by atoms with van der Waals surface area (Å²) >= 11 is 0. The minimum atomic E-state index is -0.231. The summed E-state index contributed by atoms with van der Waals surface area (Å²) in [6.07, 6.45) is 2.24. The fourth-order valence-corrected chi connectivity index (χ4v) is 0.877. The summed E-state index contributed by atoms with van der Waals surface area (Å²) in [4.78, 5) is 12.4. The Hall–Kier alpha value is -0.610. The first-order chi connectivity index (χ1) is 6.66. The third-order valence-corrected chi connectivity index (χ3v) is 1.73. The fraction of sp³-hybridized carbons (Fsp3) is 0.900. The first-order valence-electron chi connectivity index (χ1n) is 5.06. The summed E-state index contributed by atoms with van der Waals surface area (Å²) in [6, 6.07) is 0. The van der Waals surface area contributed by atoms with E-state index in [1.807, 2.05) is 11.9 Å². The molecule has 4 nitrogen and oxygen atoms in total. The zero-order chi connectivity index (χ0) is 10.8. The van der Waals surface area contributed by atoms with Gasteiger partial charge >= 0.3 is 5.97 Å². The van der Waals surface area contributed by atoms with Gasteiger partial charge in [0.05, 0.1) is 6.73 Å². The number of carbonyl (C=O) groups excluding carboxylic acids is 1. The Labute approximate surface area is 86.2 Å². The van der Waals surface area contributed by atoms with Crippen LogP contribution in [0, 0.1) is 0 Å². The first-order valence-corrected chi connectivity index (χ1v) is 5.06. The van der Waals surface area contributed by atoms with Gasteiger partial charge in [0.2, 0.25) is 0 Å². The molecular weight excluding hydrogens is 182 g/mol. The Bertz CT molecular complexity index is 150. The highest BCUT2D eigenvalue weighted by Gasteiger charge is 1.99. The molecule has 84 valence electrons. The van der Waals surface area contributed by atoms with E-state index in [4.69, 9.17) is 9.47 Å². The zero-order valence-corrected chi connectivity index (χ0v) is 9.41. The van der Waals surface area contributed by atoms with Crippen LogP contribution in [0.4, 0.5) is 0 Å². The molecule has 0 radical (unpaired) electrons. The van der Waals surface area contributed by atoms with Crippen molar-refractivity contribution >= 4 is 5.97 Å². The smallest absolute Gasteiger partial charge is 0.302 e. The molecule has 0 fully saturated rings. The van der Waals surface area contributed by atoms with Gasteiger partial charge in [-0.1, -0.05) is 13.3 Å². The number of unbranched alkanes of at least 4 members (excludes halogenated alkanes) is 1. The van der Waals surface area contributed by atoms with Gasteiger partial charge in [0.25, 0.3) is 0 Å². The van der Waals surface area contributed by atoms with Gasteiger partial charge in [0.15, 0.2) is 0 Å². The summed E-state index contributed by atoms with van der Waals surface area (Å²) in [7, 11) is 1.94. The van der Waals surface area contributed by atoms with Crippen molar-refractivity contribution < 1.29 is 14.3 Å². The Balaban J connectivity index is 3.19. The maximum absolute atomic E-state index is 10.5. The summed E-state index contributed by atoms with van der Waals surface area (Å²) in [6.45, 7) is 6.09.